The zero-order valence-corrected chi connectivity index (χ0v) is 11.0. The van der Waals surface area contributed by atoms with Crippen LogP contribution in [0.4, 0.5) is 17.5 Å². The zero-order valence-electron chi connectivity index (χ0n) is 11.0. The maximum absolute atomic E-state index is 11.0. The Morgan fingerprint density at radius 3 is 2.85 bits per heavy atom. The fourth-order valence-corrected chi connectivity index (χ4v) is 2.32. The van der Waals surface area contributed by atoms with Gasteiger partial charge in [0.1, 0.15) is 6.20 Å². The van der Waals surface area contributed by atoms with Gasteiger partial charge in [-0.15, -0.1) is 0 Å². The molecule has 5 N–H and O–H groups in total. The van der Waals surface area contributed by atoms with Gasteiger partial charge in [0.15, 0.2) is 0 Å². The van der Waals surface area contributed by atoms with Gasteiger partial charge in [0.05, 0.1) is 17.1 Å². The van der Waals surface area contributed by atoms with E-state index in [-0.39, 0.29) is 23.5 Å². The summed E-state index contributed by atoms with van der Waals surface area (Å²) in [5.74, 6) is 5.37. The second kappa shape index (κ2) is 6.44. The van der Waals surface area contributed by atoms with Crippen LogP contribution in [0.2, 0.25) is 0 Å². The lowest BCUT2D eigenvalue weighted by Crippen LogP contribution is -2.33. The highest BCUT2D eigenvalue weighted by atomic mass is 16.6. The smallest absolute Gasteiger partial charge is 0.329 e. The van der Waals surface area contributed by atoms with E-state index in [9.17, 15) is 15.2 Å². The van der Waals surface area contributed by atoms with Gasteiger partial charge in [0.25, 0.3) is 0 Å². The maximum atomic E-state index is 11.0. The Morgan fingerprint density at radius 1 is 1.40 bits per heavy atom. The summed E-state index contributed by atoms with van der Waals surface area (Å²) >= 11 is 0. The fraction of sp³-hybridized carbons (Fsp3) is 0.636. The summed E-state index contributed by atoms with van der Waals surface area (Å²) in [5.41, 5.74) is 2.01. The summed E-state index contributed by atoms with van der Waals surface area (Å²) in [4.78, 5) is 18.1. The molecule has 0 bridgehead atoms. The molecule has 0 amide bonds. The predicted octanol–water partition coefficient (Wildman–Crippen LogP) is 0.776. The molecule has 1 saturated carbocycles. The number of hydrogen-bond acceptors (Lipinski definition) is 8. The minimum absolute atomic E-state index is 0.0731. The van der Waals surface area contributed by atoms with Crippen molar-refractivity contribution < 1.29 is 10.0 Å². The van der Waals surface area contributed by atoms with Crippen LogP contribution >= 0.6 is 0 Å². The van der Waals surface area contributed by atoms with E-state index < -0.39 is 11.0 Å². The van der Waals surface area contributed by atoms with Crippen LogP contribution in [-0.4, -0.2) is 32.1 Å². The van der Waals surface area contributed by atoms with Crippen LogP contribution < -0.4 is 16.6 Å². The molecule has 1 aromatic heterocycles. The lowest BCUT2D eigenvalue weighted by molar-refractivity contribution is -0.384. The molecule has 1 aromatic rings. The summed E-state index contributed by atoms with van der Waals surface area (Å²) in [6.45, 7) is 0. The first-order valence-corrected chi connectivity index (χ1v) is 6.54. The summed E-state index contributed by atoms with van der Waals surface area (Å²) in [6, 6.07) is -0.253. The normalized spacial score (nSPS) is 22.9. The Hall–Kier alpha value is -2.00. The van der Waals surface area contributed by atoms with Gasteiger partial charge in [-0.05, 0) is 12.8 Å². The number of rotatable bonds is 4. The van der Waals surface area contributed by atoms with Crippen LogP contribution in [0.5, 0.6) is 0 Å². The first kappa shape index (κ1) is 14.4. The van der Waals surface area contributed by atoms with Crippen molar-refractivity contribution in [3.8, 4) is 0 Å². The summed E-state index contributed by atoms with van der Waals surface area (Å²) in [6.07, 6.45) is 4.95. The summed E-state index contributed by atoms with van der Waals surface area (Å²) in [5, 5.41) is 24.0. The zero-order chi connectivity index (χ0) is 14.5. The quantitative estimate of drug-likeness (QED) is 0.275. The molecule has 1 aliphatic carbocycles. The number of nitrogen functional groups attached to an aromatic ring is 1. The predicted molar refractivity (Wildman–Crippen MR) is 73.0 cm³/mol. The standard InChI is InChI=1S/C11H18N6O3/c12-16-11-13-6-8(17(19)20)10(15-11)14-7-4-2-1-3-5-9(7)18/h6-7,9,18H,1-5,12H2,(H2,13,14,15,16). The Morgan fingerprint density at radius 2 is 2.15 bits per heavy atom. The highest BCUT2D eigenvalue weighted by Crippen LogP contribution is 2.26. The Kier molecular flexibility index (Phi) is 4.64. The molecule has 2 rings (SSSR count). The maximum Gasteiger partial charge on any atom is 0.329 e. The number of nitrogens with one attached hydrogen (secondary N) is 2. The number of nitrogens with zero attached hydrogens (tertiary/aromatic N) is 3. The average molecular weight is 282 g/mol. The Balaban J connectivity index is 2.23. The van der Waals surface area contributed by atoms with Crippen molar-refractivity contribution in [2.75, 3.05) is 10.7 Å². The minimum Gasteiger partial charge on any atom is -0.391 e. The third-order valence-electron chi connectivity index (χ3n) is 3.40. The van der Waals surface area contributed by atoms with E-state index in [1.807, 2.05) is 0 Å². The minimum atomic E-state index is -0.564. The van der Waals surface area contributed by atoms with Crippen molar-refractivity contribution in [3.63, 3.8) is 0 Å². The molecule has 2 atom stereocenters. The lowest BCUT2D eigenvalue weighted by Gasteiger charge is -2.22. The van der Waals surface area contributed by atoms with E-state index in [0.717, 1.165) is 31.9 Å². The van der Waals surface area contributed by atoms with Crippen molar-refractivity contribution >= 4 is 17.5 Å². The number of aliphatic hydroxyl groups is 1. The van der Waals surface area contributed by atoms with Crippen molar-refractivity contribution in [2.45, 2.75) is 44.2 Å². The monoisotopic (exact) mass is 282 g/mol. The molecule has 0 spiro atoms. The number of nitro groups is 1. The average Bonchev–Trinajstić information content (AvgIpc) is 2.64. The second-order valence-electron chi connectivity index (χ2n) is 4.79. The van der Waals surface area contributed by atoms with E-state index in [2.05, 4.69) is 20.7 Å². The van der Waals surface area contributed by atoms with Gasteiger partial charge in [-0.25, -0.2) is 10.8 Å². The largest absolute Gasteiger partial charge is 0.391 e. The molecule has 0 saturated heterocycles. The molecular formula is C11H18N6O3. The summed E-state index contributed by atoms with van der Waals surface area (Å²) < 4.78 is 0. The van der Waals surface area contributed by atoms with Crippen LogP contribution in [-0.2, 0) is 0 Å². The Labute approximate surface area is 115 Å². The number of nitrogens with two attached hydrogens (primary N) is 1. The van der Waals surface area contributed by atoms with Gasteiger partial charge >= 0.3 is 5.69 Å². The topological polar surface area (TPSA) is 139 Å². The molecule has 20 heavy (non-hydrogen) atoms. The fourth-order valence-electron chi connectivity index (χ4n) is 2.32. The molecule has 1 aliphatic rings. The SMILES string of the molecule is NNc1ncc([N+](=O)[O-])c(NC2CCCCCC2O)n1. The van der Waals surface area contributed by atoms with Gasteiger partial charge < -0.3 is 10.4 Å². The molecule has 0 radical (unpaired) electrons. The number of aliphatic hydroxyl groups excluding tert-OH is 1. The molecule has 2 unspecified atom stereocenters. The van der Waals surface area contributed by atoms with E-state index in [4.69, 9.17) is 5.84 Å². The van der Waals surface area contributed by atoms with Crippen LogP contribution in [0.3, 0.4) is 0 Å². The van der Waals surface area contributed by atoms with Gasteiger partial charge in [-0.2, -0.15) is 4.98 Å². The van der Waals surface area contributed by atoms with E-state index in [0.29, 0.717) is 6.42 Å². The third kappa shape index (κ3) is 3.31. The van der Waals surface area contributed by atoms with E-state index >= 15 is 0 Å². The van der Waals surface area contributed by atoms with Gasteiger partial charge in [0.2, 0.25) is 11.8 Å². The summed E-state index contributed by atoms with van der Waals surface area (Å²) in [7, 11) is 0. The van der Waals surface area contributed by atoms with Crippen LogP contribution in [0.15, 0.2) is 6.20 Å². The first-order valence-electron chi connectivity index (χ1n) is 6.54. The molecular weight excluding hydrogens is 264 g/mol. The second-order valence-corrected chi connectivity index (χ2v) is 4.79. The molecule has 1 heterocycles. The highest BCUT2D eigenvalue weighted by molar-refractivity contribution is 5.57. The van der Waals surface area contributed by atoms with Gasteiger partial charge in [-0.1, -0.05) is 19.3 Å². The molecule has 9 heteroatoms. The lowest BCUT2D eigenvalue weighted by atomic mass is 10.1. The molecule has 0 aromatic carbocycles. The molecule has 9 nitrogen and oxygen atoms in total. The van der Waals surface area contributed by atoms with Gasteiger partial charge in [-0.3, -0.25) is 15.5 Å². The molecule has 1 fully saturated rings. The Bertz CT molecular complexity index is 483. The number of anilines is 2. The molecule has 0 aliphatic heterocycles. The van der Waals surface area contributed by atoms with Crippen molar-refractivity contribution in [2.24, 2.45) is 5.84 Å². The number of hydrazine groups is 1. The van der Waals surface area contributed by atoms with Crippen molar-refractivity contribution in [1.29, 1.82) is 0 Å². The third-order valence-corrected chi connectivity index (χ3v) is 3.40. The van der Waals surface area contributed by atoms with E-state index in [1.54, 1.807) is 0 Å². The number of hydrogen-bond donors (Lipinski definition) is 4. The van der Waals surface area contributed by atoms with Crippen molar-refractivity contribution in [3.05, 3.63) is 16.3 Å². The van der Waals surface area contributed by atoms with Crippen LogP contribution in [0.25, 0.3) is 0 Å². The number of aromatic nitrogens is 2. The highest BCUT2D eigenvalue weighted by Gasteiger charge is 2.25. The van der Waals surface area contributed by atoms with Crippen molar-refractivity contribution in [1.82, 2.24) is 9.97 Å². The van der Waals surface area contributed by atoms with E-state index in [1.165, 1.54) is 0 Å². The molecule has 110 valence electrons. The van der Waals surface area contributed by atoms with Crippen LogP contribution in [0, 0.1) is 10.1 Å². The van der Waals surface area contributed by atoms with Gasteiger partial charge in [0, 0.05) is 0 Å². The van der Waals surface area contributed by atoms with Crippen LogP contribution in [0.1, 0.15) is 32.1 Å². The first-order chi connectivity index (χ1) is 9.61.